The van der Waals surface area contributed by atoms with Crippen molar-refractivity contribution in [1.82, 2.24) is 5.32 Å². The summed E-state index contributed by atoms with van der Waals surface area (Å²) in [5.41, 5.74) is 1.68. The normalized spacial score (nSPS) is 19.6. The maximum Gasteiger partial charge on any atom is 0.146 e. The minimum Gasteiger partial charge on any atom is -0.379 e. The summed E-state index contributed by atoms with van der Waals surface area (Å²) >= 11 is 0. The van der Waals surface area contributed by atoms with Gasteiger partial charge in [-0.1, -0.05) is 12.1 Å². The minimum atomic E-state index is -0.160. The van der Waals surface area contributed by atoms with Crippen LogP contribution in [0.3, 0.4) is 0 Å². The number of ether oxygens (including phenoxy) is 1. The maximum atomic E-state index is 14.0. The lowest BCUT2D eigenvalue weighted by molar-refractivity contribution is 0.193. The van der Waals surface area contributed by atoms with Gasteiger partial charge in [0.25, 0.3) is 0 Å². The molecule has 2 rings (SSSR count). The molecular formula is C13H19FN2O. The molecule has 17 heavy (non-hydrogen) atoms. The molecule has 1 heterocycles. The SMILES string of the molecule is CNCc1cccc(F)c1N(C)C1CCOC1. The van der Waals surface area contributed by atoms with E-state index in [1.807, 2.05) is 25.1 Å². The van der Waals surface area contributed by atoms with Crippen LogP contribution in [0.25, 0.3) is 0 Å². The van der Waals surface area contributed by atoms with E-state index in [2.05, 4.69) is 5.32 Å². The van der Waals surface area contributed by atoms with E-state index in [0.29, 0.717) is 18.8 Å². The van der Waals surface area contributed by atoms with Crippen molar-refractivity contribution in [3.05, 3.63) is 29.6 Å². The molecule has 0 amide bonds. The molecule has 1 saturated heterocycles. The van der Waals surface area contributed by atoms with Gasteiger partial charge in [0.2, 0.25) is 0 Å². The van der Waals surface area contributed by atoms with Gasteiger partial charge in [-0.25, -0.2) is 4.39 Å². The number of likely N-dealkylation sites (N-methyl/N-ethyl adjacent to an activating group) is 1. The zero-order valence-electron chi connectivity index (χ0n) is 10.4. The molecule has 4 heteroatoms. The van der Waals surface area contributed by atoms with Gasteiger partial charge in [-0.3, -0.25) is 0 Å². The average Bonchev–Trinajstić information content (AvgIpc) is 2.82. The quantitative estimate of drug-likeness (QED) is 0.865. The Morgan fingerprint density at radius 1 is 1.53 bits per heavy atom. The van der Waals surface area contributed by atoms with Crippen LogP contribution in [0.5, 0.6) is 0 Å². The summed E-state index contributed by atoms with van der Waals surface area (Å²) in [4.78, 5) is 2.01. The molecular weight excluding hydrogens is 219 g/mol. The molecule has 1 aromatic rings. The first-order valence-corrected chi connectivity index (χ1v) is 5.96. The lowest BCUT2D eigenvalue weighted by atomic mass is 10.1. The van der Waals surface area contributed by atoms with Gasteiger partial charge in [0, 0.05) is 20.2 Å². The molecule has 1 aliphatic heterocycles. The largest absolute Gasteiger partial charge is 0.379 e. The second kappa shape index (κ2) is 5.47. The Balaban J connectivity index is 2.28. The van der Waals surface area contributed by atoms with E-state index in [-0.39, 0.29) is 11.9 Å². The van der Waals surface area contributed by atoms with Crippen molar-refractivity contribution in [2.24, 2.45) is 0 Å². The van der Waals surface area contributed by atoms with Crippen LogP contribution in [-0.2, 0) is 11.3 Å². The minimum absolute atomic E-state index is 0.160. The summed E-state index contributed by atoms with van der Waals surface area (Å²) in [5, 5.41) is 3.07. The fourth-order valence-corrected chi connectivity index (χ4v) is 2.30. The van der Waals surface area contributed by atoms with E-state index in [1.165, 1.54) is 6.07 Å². The van der Waals surface area contributed by atoms with Crippen LogP contribution in [0.15, 0.2) is 18.2 Å². The van der Waals surface area contributed by atoms with Gasteiger partial charge in [0.15, 0.2) is 0 Å². The molecule has 1 unspecified atom stereocenters. The molecule has 0 aromatic heterocycles. The van der Waals surface area contributed by atoms with Gasteiger partial charge in [-0.05, 0) is 25.1 Å². The van der Waals surface area contributed by atoms with Gasteiger partial charge in [-0.15, -0.1) is 0 Å². The molecule has 0 radical (unpaired) electrons. The summed E-state index contributed by atoms with van der Waals surface area (Å²) in [6, 6.07) is 5.51. The highest BCUT2D eigenvalue weighted by molar-refractivity contribution is 5.55. The van der Waals surface area contributed by atoms with Gasteiger partial charge in [0.05, 0.1) is 18.3 Å². The van der Waals surface area contributed by atoms with Gasteiger partial charge in [0.1, 0.15) is 5.82 Å². The standard InChI is InChI=1S/C13H19FN2O/c1-15-8-10-4-3-5-12(14)13(10)16(2)11-6-7-17-9-11/h3-5,11,15H,6-9H2,1-2H3. The second-order valence-electron chi connectivity index (χ2n) is 4.41. The molecule has 1 fully saturated rings. The molecule has 1 N–H and O–H groups in total. The number of rotatable bonds is 4. The number of hydrogen-bond acceptors (Lipinski definition) is 3. The van der Waals surface area contributed by atoms with Gasteiger partial charge >= 0.3 is 0 Å². The van der Waals surface area contributed by atoms with E-state index in [4.69, 9.17) is 4.74 Å². The molecule has 1 atom stereocenters. The first-order chi connectivity index (χ1) is 8.24. The Labute approximate surface area is 102 Å². The summed E-state index contributed by atoms with van der Waals surface area (Å²) in [7, 11) is 3.81. The fraction of sp³-hybridized carbons (Fsp3) is 0.538. The van der Waals surface area contributed by atoms with E-state index < -0.39 is 0 Å². The van der Waals surface area contributed by atoms with Crippen LogP contribution in [0.4, 0.5) is 10.1 Å². The number of hydrogen-bond donors (Lipinski definition) is 1. The molecule has 0 bridgehead atoms. The summed E-state index contributed by atoms with van der Waals surface area (Å²) in [5.74, 6) is -0.160. The first-order valence-electron chi connectivity index (χ1n) is 5.96. The number of para-hydroxylation sites is 1. The summed E-state index contributed by atoms with van der Waals surface area (Å²) < 4.78 is 19.3. The van der Waals surface area contributed by atoms with Crippen LogP contribution in [0.1, 0.15) is 12.0 Å². The van der Waals surface area contributed by atoms with Gasteiger partial charge in [-0.2, -0.15) is 0 Å². The van der Waals surface area contributed by atoms with Gasteiger partial charge < -0.3 is 15.0 Å². The van der Waals surface area contributed by atoms with Crippen LogP contribution in [-0.4, -0.2) is 33.4 Å². The molecule has 0 saturated carbocycles. The van der Waals surface area contributed by atoms with E-state index in [0.717, 1.165) is 18.6 Å². The Morgan fingerprint density at radius 2 is 2.35 bits per heavy atom. The zero-order chi connectivity index (χ0) is 12.3. The number of nitrogens with zero attached hydrogens (tertiary/aromatic N) is 1. The third-order valence-electron chi connectivity index (χ3n) is 3.24. The Bertz CT molecular complexity index is 378. The number of benzene rings is 1. The second-order valence-corrected chi connectivity index (χ2v) is 4.41. The van der Waals surface area contributed by atoms with Crippen LogP contribution >= 0.6 is 0 Å². The van der Waals surface area contributed by atoms with Crippen molar-refractivity contribution in [3.8, 4) is 0 Å². The number of anilines is 1. The van der Waals surface area contributed by atoms with Crippen LogP contribution in [0.2, 0.25) is 0 Å². The number of nitrogens with one attached hydrogen (secondary N) is 1. The van der Waals surface area contributed by atoms with E-state index in [1.54, 1.807) is 6.07 Å². The zero-order valence-corrected chi connectivity index (χ0v) is 10.4. The van der Waals surface area contributed by atoms with Crippen molar-refractivity contribution >= 4 is 5.69 Å². The van der Waals surface area contributed by atoms with Crippen molar-refractivity contribution < 1.29 is 9.13 Å². The highest BCUT2D eigenvalue weighted by Gasteiger charge is 2.24. The van der Waals surface area contributed by atoms with E-state index in [9.17, 15) is 4.39 Å². The van der Waals surface area contributed by atoms with Crippen molar-refractivity contribution in [2.75, 3.05) is 32.2 Å². The van der Waals surface area contributed by atoms with E-state index >= 15 is 0 Å². The highest BCUT2D eigenvalue weighted by atomic mass is 19.1. The smallest absolute Gasteiger partial charge is 0.146 e. The monoisotopic (exact) mass is 238 g/mol. The summed E-state index contributed by atoms with van der Waals surface area (Å²) in [6.07, 6.45) is 0.962. The Morgan fingerprint density at radius 3 is 3.00 bits per heavy atom. The van der Waals surface area contributed by atoms with Crippen molar-refractivity contribution in [1.29, 1.82) is 0 Å². The van der Waals surface area contributed by atoms with Crippen LogP contribution < -0.4 is 10.2 Å². The third-order valence-corrected chi connectivity index (χ3v) is 3.24. The first kappa shape index (κ1) is 12.3. The Hall–Kier alpha value is -1.13. The van der Waals surface area contributed by atoms with Crippen molar-refractivity contribution in [3.63, 3.8) is 0 Å². The molecule has 3 nitrogen and oxygen atoms in total. The predicted molar refractivity (Wildman–Crippen MR) is 66.8 cm³/mol. The van der Waals surface area contributed by atoms with Crippen molar-refractivity contribution in [2.45, 2.75) is 19.0 Å². The average molecular weight is 238 g/mol. The maximum absolute atomic E-state index is 14.0. The predicted octanol–water partition coefficient (Wildman–Crippen LogP) is 1.77. The van der Waals surface area contributed by atoms with Crippen LogP contribution in [0, 0.1) is 5.82 Å². The molecule has 1 aromatic carbocycles. The number of halogens is 1. The molecule has 1 aliphatic rings. The highest BCUT2D eigenvalue weighted by Crippen LogP contribution is 2.27. The Kier molecular flexibility index (Phi) is 3.97. The fourth-order valence-electron chi connectivity index (χ4n) is 2.30. The molecule has 0 spiro atoms. The third kappa shape index (κ3) is 2.58. The topological polar surface area (TPSA) is 24.5 Å². The molecule has 0 aliphatic carbocycles. The lowest BCUT2D eigenvalue weighted by Gasteiger charge is -2.28. The molecule has 94 valence electrons. The summed E-state index contributed by atoms with van der Waals surface area (Å²) in [6.45, 7) is 2.12. The lowest BCUT2D eigenvalue weighted by Crippen LogP contribution is -2.33.